The summed E-state index contributed by atoms with van der Waals surface area (Å²) in [6.07, 6.45) is -0.205. The molecule has 6 heteroatoms. The highest BCUT2D eigenvalue weighted by Gasteiger charge is 2.27. The smallest absolute Gasteiger partial charge is 0.300 e. The van der Waals surface area contributed by atoms with E-state index in [0.717, 1.165) is 0 Å². The maximum Gasteiger partial charge on any atom is 0.437 e. The van der Waals surface area contributed by atoms with E-state index >= 15 is 0 Å². The number of rotatable bonds is 2. The molecule has 0 heterocycles. The van der Waals surface area contributed by atoms with Crippen LogP contribution in [-0.4, -0.2) is 20.3 Å². The molecule has 4 nitrogen and oxygen atoms in total. The van der Waals surface area contributed by atoms with Crippen molar-refractivity contribution in [3.05, 3.63) is 0 Å². The first kappa shape index (κ1) is 8.61. The van der Waals surface area contributed by atoms with Crippen molar-refractivity contribution < 1.29 is 21.3 Å². The van der Waals surface area contributed by atoms with Crippen molar-refractivity contribution in [2.24, 2.45) is 0 Å². The van der Waals surface area contributed by atoms with E-state index in [9.17, 15) is 17.1 Å². The molecule has 1 atom stereocenters. The Morgan fingerprint density at radius 2 is 2.18 bits per heavy atom. The second-order valence-corrected chi connectivity index (χ2v) is 3.37. The predicted octanol–water partition coefficient (Wildman–Crippen LogP) is 0.339. The predicted molar refractivity (Wildman–Crippen MR) is 33.8 cm³/mol. The van der Waals surface area contributed by atoms with Crippen LogP contribution in [0.15, 0.2) is 0 Å². The lowest BCUT2D eigenvalue weighted by molar-refractivity contribution is -0.117. The van der Waals surface area contributed by atoms with Crippen molar-refractivity contribution in [2.45, 2.75) is 25.4 Å². The van der Waals surface area contributed by atoms with Crippen LogP contribution in [0.1, 0.15) is 19.3 Å². The number of halogens is 1. The first-order chi connectivity index (χ1) is 4.97. The zero-order chi connectivity index (χ0) is 8.48. The standard InChI is InChI=1S/C5H7FO4S/c6-11(8,9)10-5-2-1-4(7)3-5/h5H,1-3H2. The van der Waals surface area contributed by atoms with Crippen molar-refractivity contribution in [3.8, 4) is 0 Å². The maximum absolute atomic E-state index is 11.8. The number of Topliss-reactive ketones (excluding diaryl/α,β-unsaturated/α-hetero) is 1. The molecule has 1 aliphatic carbocycles. The lowest BCUT2D eigenvalue weighted by atomic mass is 10.3. The lowest BCUT2D eigenvalue weighted by Gasteiger charge is -2.02. The van der Waals surface area contributed by atoms with Crippen LogP contribution in [0.5, 0.6) is 0 Å². The number of ketones is 1. The van der Waals surface area contributed by atoms with Crippen molar-refractivity contribution in [2.75, 3.05) is 0 Å². The molecule has 0 amide bonds. The fourth-order valence-electron chi connectivity index (χ4n) is 1.02. The molecule has 64 valence electrons. The summed E-state index contributed by atoms with van der Waals surface area (Å²) in [5.41, 5.74) is 0. The summed E-state index contributed by atoms with van der Waals surface area (Å²) in [6, 6.07) is 0. The lowest BCUT2D eigenvalue weighted by Crippen LogP contribution is -2.11. The van der Waals surface area contributed by atoms with E-state index in [0.29, 0.717) is 6.42 Å². The van der Waals surface area contributed by atoms with Gasteiger partial charge in [0.1, 0.15) is 5.78 Å². The third-order valence-corrected chi connectivity index (χ3v) is 1.95. The Bertz CT molecular complexity index is 258. The fourth-order valence-corrected chi connectivity index (χ4v) is 1.51. The minimum Gasteiger partial charge on any atom is -0.300 e. The molecule has 1 rings (SSSR count). The minimum absolute atomic E-state index is 0.00313. The van der Waals surface area contributed by atoms with Gasteiger partial charge in [0.15, 0.2) is 0 Å². The van der Waals surface area contributed by atoms with E-state index in [4.69, 9.17) is 0 Å². The van der Waals surface area contributed by atoms with Gasteiger partial charge in [0, 0.05) is 12.8 Å². The van der Waals surface area contributed by atoms with E-state index < -0.39 is 16.6 Å². The number of hydrogen-bond acceptors (Lipinski definition) is 4. The molecule has 0 bridgehead atoms. The number of carbonyl (C=O) groups is 1. The van der Waals surface area contributed by atoms with E-state index in [1.165, 1.54) is 0 Å². The average molecular weight is 182 g/mol. The van der Waals surface area contributed by atoms with Crippen molar-refractivity contribution in [1.29, 1.82) is 0 Å². The van der Waals surface area contributed by atoms with Gasteiger partial charge in [-0.1, -0.05) is 3.89 Å². The molecule has 0 aromatic carbocycles. The van der Waals surface area contributed by atoms with E-state index in [2.05, 4.69) is 4.18 Å². The van der Waals surface area contributed by atoms with Gasteiger partial charge in [-0.15, -0.1) is 0 Å². The van der Waals surface area contributed by atoms with Gasteiger partial charge in [-0.2, -0.15) is 8.42 Å². The normalized spacial score (nSPS) is 25.9. The molecule has 0 radical (unpaired) electrons. The maximum atomic E-state index is 11.8. The molecule has 0 saturated heterocycles. The summed E-state index contributed by atoms with van der Waals surface area (Å²) in [6.45, 7) is 0. The van der Waals surface area contributed by atoms with Crippen molar-refractivity contribution in [3.63, 3.8) is 0 Å². The quantitative estimate of drug-likeness (QED) is 0.578. The molecule has 1 aliphatic rings. The van der Waals surface area contributed by atoms with Crippen LogP contribution in [0.4, 0.5) is 3.89 Å². The zero-order valence-corrected chi connectivity index (χ0v) is 6.43. The Kier molecular flexibility index (Phi) is 2.24. The van der Waals surface area contributed by atoms with Gasteiger partial charge in [0.25, 0.3) is 0 Å². The Balaban J connectivity index is 2.47. The molecular weight excluding hydrogens is 175 g/mol. The van der Waals surface area contributed by atoms with Crippen molar-refractivity contribution >= 4 is 16.3 Å². The molecule has 0 spiro atoms. The summed E-state index contributed by atoms with van der Waals surface area (Å²) in [5, 5.41) is 0. The third kappa shape index (κ3) is 2.94. The van der Waals surface area contributed by atoms with E-state index in [1.807, 2.05) is 0 Å². The highest BCUT2D eigenvalue weighted by molar-refractivity contribution is 7.81. The molecule has 0 aromatic heterocycles. The molecule has 0 N–H and O–H groups in total. The Labute approximate surface area is 63.8 Å². The average Bonchev–Trinajstić information content (AvgIpc) is 2.10. The number of hydrogen-bond donors (Lipinski definition) is 0. The molecule has 1 unspecified atom stereocenters. The van der Waals surface area contributed by atoms with Gasteiger partial charge in [0.05, 0.1) is 6.10 Å². The summed E-state index contributed by atoms with van der Waals surface area (Å²) >= 11 is 0. The first-order valence-corrected chi connectivity index (χ1v) is 4.43. The summed E-state index contributed by atoms with van der Waals surface area (Å²) < 4.78 is 35.5. The van der Waals surface area contributed by atoms with Crippen LogP contribution in [0.3, 0.4) is 0 Å². The van der Waals surface area contributed by atoms with Gasteiger partial charge in [-0.05, 0) is 6.42 Å². The van der Waals surface area contributed by atoms with Crippen LogP contribution < -0.4 is 0 Å². The van der Waals surface area contributed by atoms with E-state index in [1.54, 1.807) is 0 Å². The highest BCUT2D eigenvalue weighted by atomic mass is 32.3. The van der Waals surface area contributed by atoms with Crippen molar-refractivity contribution in [1.82, 2.24) is 0 Å². The molecule has 0 aromatic rings. The van der Waals surface area contributed by atoms with Gasteiger partial charge in [0.2, 0.25) is 0 Å². The van der Waals surface area contributed by atoms with Gasteiger partial charge < -0.3 is 0 Å². The molecule has 11 heavy (non-hydrogen) atoms. The van der Waals surface area contributed by atoms with Gasteiger partial charge in [-0.25, -0.2) is 4.18 Å². The Hall–Kier alpha value is -0.490. The van der Waals surface area contributed by atoms with Crippen LogP contribution >= 0.6 is 0 Å². The molecular formula is C5H7FO4S. The molecule has 0 aliphatic heterocycles. The van der Waals surface area contributed by atoms with Gasteiger partial charge in [-0.3, -0.25) is 4.79 Å². The molecule has 1 saturated carbocycles. The van der Waals surface area contributed by atoms with Crippen LogP contribution in [0.25, 0.3) is 0 Å². The fraction of sp³-hybridized carbons (Fsp3) is 0.800. The molecule has 1 fully saturated rings. The topological polar surface area (TPSA) is 60.4 Å². The summed E-state index contributed by atoms with van der Waals surface area (Å²) in [5.74, 6) is -0.0846. The second-order valence-electron chi connectivity index (χ2n) is 2.39. The Morgan fingerprint density at radius 1 is 1.55 bits per heavy atom. The summed E-state index contributed by atoms with van der Waals surface area (Å²) in [7, 11) is -4.88. The second kappa shape index (κ2) is 2.86. The highest BCUT2D eigenvalue weighted by Crippen LogP contribution is 2.20. The summed E-state index contributed by atoms with van der Waals surface area (Å²) in [4.78, 5) is 10.5. The largest absolute Gasteiger partial charge is 0.437 e. The van der Waals surface area contributed by atoms with E-state index in [-0.39, 0.29) is 18.6 Å². The van der Waals surface area contributed by atoms with Crippen LogP contribution in [-0.2, 0) is 19.5 Å². The first-order valence-electron chi connectivity index (χ1n) is 3.12. The van der Waals surface area contributed by atoms with Crippen LogP contribution in [0, 0.1) is 0 Å². The van der Waals surface area contributed by atoms with Gasteiger partial charge >= 0.3 is 10.5 Å². The minimum atomic E-state index is -4.88. The Morgan fingerprint density at radius 3 is 2.55 bits per heavy atom. The zero-order valence-electron chi connectivity index (χ0n) is 5.62. The monoisotopic (exact) mass is 182 g/mol. The van der Waals surface area contributed by atoms with Crippen LogP contribution in [0.2, 0.25) is 0 Å². The number of carbonyl (C=O) groups excluding carboxylic acids is 1. The SMILES string of the molecule is O=C1CCC(OS(=O)(=O)F)C1. The third-order valence-electron chi connectivity index (χ3n) is 1.45.